The lowest BCUT2D eigenvalue weighted by molar-refractivity contribution is 0.869. The van der Waals surface area contributed by atoms with Gasteiger partial charge in [0, 0.05) is 29.2 Å². The van der Waals surface area contributed by atoms with Crippen LogP contribution in [-0.4, -0.2) is 27.4 Å². The Balaban J connectivity index is 1.99. The molecule has 4 N–H and O–H groups in total. The van der Waals surface area contributed by atoms with Crippen molar-refractivity contribution in [1.82, 2.24) is 14.3 Å². The number of nitrogens with two attached hydrogens (primary N) is 1. The zero-order valence-electron chi connectivity index (χ0n) is 10.5. The van der Waals surface area contributed by atoms with Crippen LogP contribution in [0.5, 0.6) is 0 Å². The van der Waals surface area contributed by atoms with E-state index in [0.29, 0.717) is 29.6 Å². The van der Waals surface area contributed by atoms with Crippen LogP contribution < -0.4 is 15.8 Å². The largest absolute Gasteiger partial charge is 0.369 e. The molecule has 0 saturated heterocycles. The summed E-state index contributed by atoms with van der Waals surface area (Å²) >= 11 is 2.61. The van der Waals surface area contributed by atoms with Crippen LogP contribution >= 0.6 is 23.5 Å². The van der Waals surface area contributed by atoms with E-state index in [1.54, 1.807) is 12.3 Å². The Morgan fingerprint density at radius 3 is 3.05 bits per heavy atom. The van der Waals surface area contributed by atoms with Crippen molar-refractivity contribution < 1.29 is 0 Å². The van der Waals surface area contributed by atoms with Gasteiger partial charge in [0.2, 0.25) is 5.13 Å². The van der Waals surface area contributed by atoms with E-state index < -0.39 is 0 Å². The maximum atomic E-state index is 9.15. The second kappa shape index (κ2) is 7.64. The molecule has 0 unspecified atom stereocenters. The maximum Gasteiger partial charge on any atom is 0.212 e. The molecule has 0 spiro atoms. The lowest BCUT2D eigenvalue weighted by Crippen LogP contribution is -2.10. The lowest BCUT2D eigenvalue weighted by Gasteiger charge is -2.08. The predicted molar refractivity (Wildman–Crippen MR) is 80.5 cm³/mol. The third kappa shape index (κ3) is 4.06. The minimum Gasteiger partial charge on any atom is -0.369 e. The molecule has 104 valence electrons. The highest BCUT2D eigenvalue weighted by Crippen LogP contribution is 2.23. The molecular weight excluding hydrogens is 294 g/mol. The third-order valence-corrected chi connectivity index (χ3v) is 3.74. The number of nitriles is 1. The van der Waals surface area contributed by atoms with Crippen molar-refractivity contribution in [3.8, 4) is 6.07 Å². The average Bonchev–Trinajstić information content (AvgIpc) is 2.99. The van der Waals surface area contributed by atoms with Gasteiger partial charge in [-0.1, -0.05) is 0 Å². The summed E-state index contributed by atoms with van der Waals surface area (Å²) in [5.74, 6) is 0.584. The molecule has 0 atom stereocenters. The summed E-state index contributed by atoms with van der Waals surface area (Å²) < 4.78 is 6.93. The number of hydrogen-bond donors (Lipinski definition) is 3. The van der Waals surface area contributed by atoms with Crippen molar-refractivity contribution in [2.45, 2.75) is 11.3 Å². The number of aromatic nitrogens is 3. The fourth-order valence-corrected chi connectivity index (χ4v) is 2.46. The molecule has 20 heavy (non-hydrogen) atoms. The van der Waals surface area contributed by atoms with Crippen molar-refractivity contribution in [2.75, 3.05) is 23.1 Å². The van der Waals surface area contributed by atoms with Crippen LogP contribution in [0.15, 0.2) is 23.5 Å². The van der Waals surface area contributed by atoms with E-state index in [4.69, 9.17) is 11.0 Å². The highest BCUT2D eigenvalue weighted by atomic mass is 32.2. The van der Waals surface area contributed by atoms with Crippen molar-refractivity contribution in [3.63, 3.8) is 0 Å². The van der Waals surface area contributed by atoms with E-state index >= 15 is 0 Å². The molecule has 0 amide bonds. The molecule has 0 aliphatic rings. The molecule has 0 fully saturated rings. The molecule has 7 nitrogen and oxygen atoms in total. The molecule has 0 aliphatic heterocycles. The second-order valence-corrected chi connectivity index (χ2v) is 5.36. The molecule has 2 heterocycles. The Bertz CT molecular complexity index is 579. The van der Waals surface area contributed by atoms with Gasteiger partial charge in [-0.05, 0) is 31.0 Å². The minimum absolute atomic E-state index is 0.506. The van der Waals surface area contributed by atoms with Crippen molar-refractivity contribution >= 4 is 34.4 Å². The summed E-state index contributed by atoms with van der Waals surface area (Å²) in [4.78, 5) is 9.09. The van der Waals surface area contributed by atoms with Crippen LogP contribution in [0.25, 0.3) is 0 Å². The van der Waals surface area contributed by atoms with Gasteiger partial charge in [0.15, 0.2) is 0 Å². The maximum absolute atomic E-state index is 9.15. The highest BCUT2D eigenvalue weighted by molar-refractivity contribution is 8.00. The van der Waals surface area contributed by atoms with Crippen molar-refractivity contribution in [1.29, 1.82) is 5.26 Å². The van der Waals surface area contributed by atoms with Gasteiger partial charge in [0.25, 0.3) is 0 Å². The van der Waals surface area contributed by atoms with Crippen LogP contribution in [0.2, 0.25) is 0 Å². The first kappa shape index (κ1) is 14.5. The van der Waals surface area contributed by atoms with Gasteiger partial charge >= 0.3 is 0 Å². The number of hydrogen-bond acceptors (Lipinski definition) is 9. The molecule has 2 rings (SSSR count). The molecule has 0 radical (unpaired) electrons. The number of nitrogens with zero attached hydrogens (tertiary/aromatic N) is 4. The first-order chi connectivity index (χ1) is 9.83. The molecule has 2 aromatic heterocycles. The van der Waals surface area contributed by atoms with Gasteiger partial charge < -0.3 is 15.8 Å². The SMILES string of the molecule is N#Cc1cc(SNc2ncns2)cnc1NCCCN. The number of pyridine rings is 1. The number of anilines is 2. The molecule has 2 aromatic rings. The summed E-state index contributed by atoms with van der Waals surface area (Å²) in [7, 11) is 0. The van der Waals surface area contributed by atoms with Crippen LogP contribution in [0.4, 0.5) is 10.9 Å². The fraction of sp³-hybridized carbons (Fsp3) is 0.273. The lowest BCUT2D eigenvalue weighted by atomic mass is 10.3. The first-order valence-corrected chi connectivity index (χ1v) is 7.46. The molecular formula is C11H13N7S2. The quantitative estimate of drug-likeness (QED) is 0.523. The summed E-state index contributed by atoms with van der Waals surface area (Å²) in [5, 5.41) is 13.0. The Morgan fingerprint density at radius 1 is 1.45 bits per heavy atom. The Labute approximate surface area is 124 Å². The van der Waals surface area contributed by atoms with E-state index in [0.717, 1.165) is 11.3 Å². The predicted octanol–water partition coefficient (Wildman–Crippen LogP) is 1.68. The van der Waals surface area contributed by atoms with E-state index in [9.17, 15) is 0 Å². The molecule has 9 heteroatoms. The fourth-order valence-electron chi connectivity index (χ4n) is 1.36. The van der Waals surface area contributed by atoms with E-state index in [-0.39, 0.29) is 0 Å². The van der Waals surface area contributed by atoms with Crippen LogP contribution in [0, 0.1) is 11.3 Å². The molecule has 0 aromatic carbocycles. The first-order valence-electron chi connectivity index (χ1n) is 5.87. The van der Waals surface area contributed by atoms with E-state index in [1.165, 1.54) is 29.8 Å². The third-order valence-electron chi connectivity index (χ3n) is 2.27. The minimum atomic E-state index is 0.506. The topological polar surface area (TPSA) is 113 Å². The normalized spacial score (nSPS) is 10.0. The smallest absolute Gasteiger partial charge is 0.212 e. The summed E-state index contributed by atoms with van der Waals surface area (Å²) in [6, 6.07) is 3.91. The van der Waals surface area contributed by atoms with Crippen LogP contribution in [0.3, 0.4) is 0 Å². The van der Waals surface area contributed by atoms with Crippen LogP contribution in [0.1, 0.15) is 12.0 Å². The number of rotatable bonds is 7. The molecule has 0 bridgehead atoms. The average molecular weight is 307 g/mol. The Kier molecular flexibility index (Phi) is 5.55. The van der Waals surface area contributed by atoms with Gasteiger partial charge in [0.05, 0.1) is 5.56 Å². The van der Waals surface area contributed by atoms with Gasteiger partial charge in [-0.15, -0.1) is 0 Å². The summed E-state index contributed by atoms with van der Waals surface area (Å²) in [6.07, 6.45) is 4.02. The monoisotopic (exact) mass is 307 g/mol. The number of nitrogens with one attached hydrogen (secondary N) is 2. The molecule has 0 aliphatic carbocycles. The Hall–Kier alpha value is -1.89. The van der Waals surface area contributed by atoms with Gasteiger partial charge in [-0.2, -0.15) is 9.64 Å². The zero-order valence-corrected chi connectivity index (χ0v) is 12.2. The second-order valence-electron chi connectivity index (χ2n) is 3.70. The molecule has 0 saturated carbocycles. The van der Waals surface area contributed by atoms with Crippen molar-refractivity contribution in [3.05, 3.63) is 24.2 Å². The zero-order chi connectivity index (χ0) is 14.2. The summed E-state index contributed by atoms with van der Waals surface area (Å²) in [5.41, 5.74) is 5.93. The highest BCUT2D eigenvalue weighted by Gasteiger charge is 2.06. The van der Waals surface area contributed by atoms with Crippen LogP contribution in [-0.2, 0) is 0 Å². The van der Waals surface area contributed by atoms with E-state index in [2.05, 4.69) is 30.4 Å². The van der Waals surface area contributed by atoms with Gasteiger partial charge in [-0.25, -0.2) is 9.97 Å². The van der Waals surface area contributed by atoms with Gasteiger partial charge in [0.1, 0.15) is 18.2 Å². The van der Waals surface area contributed by atoms with Crippen molar-refractivity contribution in [2.24, 2.45) is 5.73 Å². The summed E-state index contributed by atoms with van der Waals surface area (Å²) in [6.45, 7) is 1.31. The van der Waals surface area contributed by atoms with Gasteiger partial charge in [-0.3, -0.25) is 0 Å². The Morgan fingerprint density at radius 2 is 2.35 bits per heavy atom. The van der Waals surface area contributed by atoms with E-state index in [1.807, 2.05) is 0 Å². The standard InChI is InChI=1S/C11H13N7S2/c12-2-1-3-14-10-8(5-13)4-9(6-15-10)19-18-11-16-7-17-20-11/h4,6-7H,1-3,12H2,(H,14,15)(H,16,17,18).